The summed E-state index contributed by atoms with van der Waals surface area (Å²) in [5.41, 5.74) is 0. The third-order valence-electron chi connectivity index (χ3n) is 0.751. The van der Waals surface area contributed by atoms with Crippen molar-refractivity contribution < 1.29 is 0 Å². The van der Waals surface area contributed by atoms with Gasteiger partial charge in [0.15, 0.2) is 0 Å². The lowest BCUT2D eigenvalue weighted by atomic mass is 10.3. The van der Waals surface area contributed by atoms with Gasteiger partial charge < -0.3 is 0 Å². The van der Waals surface area contributed by atoms with Crippen LogP contribution >= 0.6 is 12.6 Å². The SMILES string of the molecule is C/C=C/CCC[S]. The highest BCUT2D eigenvalue weighted by atomic mass is 32.1. The van der Waals surface area contributed by atoms with Crippen LogP contribution in [-0.4, -0.2) is 5.75 Å². The minimum atomic E-state index is 0.893. The number of hydrogen-bond acceptors (Lipinski definition) is 0. The lowest BCUT2D eigenvalue weighted by molar-refractivity contribution is 0.973. The standard InChI is InChI=1S/C6H11S/c1-2-3-4-5-6-7/h2-3H,4-6H2,1H3/b3-2+. The van der Waals surface area contributed by atoms with Crippen LogP contribution in [0.5, 0.6) is 0 Å². The summed E-state index contributed by atoms with van der Waals surface area (Å²) in [5, 5.41) is 0. The number of unbranched alkanes of at least 4 members (excludes halogenated alkanes) is 1. The van der Waals surface area contributed by atoms with Gasteiger partial charge in [-0.2, -0.15) is 0 Å². The molecule has 1 radical (unpaired) electrons. The van der Waals surface area contributed by atoms with E-state index < -0.39 is 0 Å². The molecular weight excluding hydrogens is 104 g/mol. The highest BCUT2D eigenvalue weighted by Gasteiger charge is 1.74. The Morgan fingerprint density at radius 2 is 2.29 bits per heavy atom. The fourth-order valence-electron chi connectivity index (χ4n) is 0.368. The Hall–Kier alpha value is 0.0900. The van der Waals surface area contributed by atoms with E-state index in [0.29, 0.717) is 0 Å². The largest absolute Gasteiger partial charge is 0.0941 e. The Morgan fingerprint density at radius 3 is 2.71 bits per heavy atom. The second-order valence-corrected chi connectivity index (χ2v) is 1.82. The molecule has 7 heavy (non-hydrogen) atoms. The molecule has 0 unspecified atom stereocenters. The summed E-state index contributed by atoms with van der Waals surface area (Å²) in [6.45, 7) is 2.03. The highest BCUT2D eigenvalue weighted by molar-refractivity contribution is 7.80. The minimum Gasteiger partial charge on any atom is -0.0941 e. The van der Waals surface area contributed by atoms with Gasteiger partial charge in [0.05, 0.1) is 0 Å². The average molecular weight is 115 g/mol. The normalized spacial score (nSPS) is 10.6. The van der Waals surface area contributed by atoms with Crippen molar-refractivity contribution in [1.29, 1.82) is 0 Å². The van der Waals surface area contributed by atoms with Crippen LogP contribution in [0, 0.1) is 0 Å². The van der Waals surface area contributed by atoms with Crippen LogP contribution in [0.2, 0.25) is 0 Å². The van der Waals surface area contributed by atoms with Crippen LogP contribution < -0.4 is 0 Å². The molecule has 0 N–H and O–H groups in total. The van der Waals surface area contributed by atoms with Gasteiger partial charge in [-0.3, -0.25) is 0 Å². The van der Waals surface area contributed by atoms with E-state index in [1.807, 2.05) is 6.92 Å². The number of allylic oxidation sites excluding steroid dienone is 2. The number of rotatable bonds is 3. The first-order chi connectivity index (χ1) is 3.41. The predicted octanol–water partition coefficient (Wildman–Crippen LogP) is 2.54. The van der Waals surface area contributed by atoms with Crippen molar-refractivity contribution in [2.24, 2.45) is 0 Å². The fraction of sp³-hybridized carbons (Fsp3) is 0.667. The van der Waals surface area contributed by atoms with Crippen molar-refractivity contribution in [3.63, 3.8) is 0 Å². The van der Waals surface area contributed by atoms with E-state index in [0.717, 1.165) is 18.6 Å². The summed E-state index contributed by atoms with van der Waals surface area (Å²) in [7, 11) is 0. The zero-order valence-corrected chi connectivity index (χ0v) is 5.50. The van der Waals surface area contributed by atoms with E-state index in [2.05, 4.69) is 12.2 Å². The summed E-state index contributed by atoms with van der Waals surface area (Å²) < 4.78 is 0. The molecule has 0 amide bonds. The van der Waals surface area contributed by atoms with E-state index in [-0.39, 0.29) is 0 Å². The van der Waals surface area contributed by atoms with Gasteiger partial charge in [-0.05, 0) is 19.8 Å². The predicted molar refractivity (Wildman–Crippen MR) is 36.5 cm³/mol. The molecule has 0 atom stereocenters. The van der Waals surface area contributed by atoms with Crippen LogP contribution in [0.15, 0.2) is 12.2 Å². The molecule has 0 aliphatic carbocycles. The van der Waals surface area contributed by atoms with Crippen LogP contribution in [-0.2, 0) is 0 Å². The first kappa shape index (κ1) is 7.09. The molecule has 0 rings (SSSR count). The van der Waals surface area contributed by atoms with Crippen LogP contribution in [0.4, 0.5) is 0 Å². The molecule has 0 saturated heterocycles. The van der Waals surface area contributed by atoms with Crippen LogP contribution in [0.25, 0.3) is 0 Å². The molecule has 0 aliphatic rings. The van der Waals surface area contributed by atoms with Gasteiger partial charge in [0, 0.05) is 5.75 Å². The quantitative estimate of drug-likeness (QED) is 0.391. The third-order valence-corrected chi connectivity index (χ3v) is 1.04. The summed E-state index contributed by atoms with van der Waals surface area (Å²) in [4.78, 5) is 0. The summed E-state index contributed by atoms with van der Waals surface area (Å²) >= 11 is 4.73. The average Bonchev–Trinajstić information content (AvgIpc) is 1.69. The fourth-order valence-corrected chi connectivity index (χ4v) is 0.535. The molecule has 0 bridgehead atoms. The van der Waals surface area contributed by atoms with Crippen LogP contribution in [0.3, 0.4) is 0 Å². The zero-order chi connectivity index (χ0) is 5.54. The smallest absolute Gasteiger partial charge is 0.00398 e. The van der Waals surface area contributed by atoms with Crippen LogP contribution in [0.1, 0.15) is 19.8 Å². The van der Waals surface area contributed by atoms with E-state index in [1.54, 1.807) is 0 Å². The summed E-state index contributed by atoms with van der Waals surface area (Å²) in [6.07, 6.45) is 6.51. The lowest BCUT2D eigenvalue weighted by Gasteiger charge is -1.82. The molecule has 41 valence electrons. The van der Waals surface area contributed by atoms with E-state index in [9.17, 15) is 0 Å². The van der Waals surface area contributed by atoms with Gasteiger partial charge in [0.2, 0.25) is 0 Å². The van der Waals surface area contributed by atoms with E-state index in [1.165, 1.54) is 0 Å². The van der Waals surface area contributed by atoms with E-state index >= 15 is 0 Å². The van der Waals surface area contributed by atoms with Gasteiger partial charge >= 0.3 is 0 Å². The maximum Gasteiger partial charge on any atom is 0.00398 e. The highest BCUT2D eigenvalue weighted by Crippen LogP contribution is 1.91. The van der Waals surface area contributed by atoms with E-state index in [4.69, 9.17) is 12.6 Å². The van der Waals surface area contributed by atoms with Gasteiger partial charge in [0.1, 0.15) is 0 Å². The molecular formula is C6H11S. The Labute approximate surface area is 51.0 Å². The summed E-state index contributed by atoms with van der Waals surface area (Å²) in [6, 6.07) is 0. The van der Waals surface area contributed by atoms with Crippen molar-refractivity contribution >= 4 is 12.6 Å². The second-order valence-electron chi connectivity index (χ2n) is 1.42. The molecule has 0 aromatic carbocycles. The Morgan fingerprint density at radius 1 is 1.57 bits per heavy atom. The molecule has 0 fully saturated rings. The van der Waals surface area contributed by atoms with Gasteiger partial charge in [-0.1, -0.05) is 24.8 Å². The minimum absolute atomic E-state index is 0.893. The van der Waals surface area contributed by atoms with Gasteiger partial charge in [0.25, 0.3) is 0 Å². The van der Waals surface area contributed by atoms with Gasteiger partial charge in [-0.25, -0.2) is 0 Å². The summed E-state index contributed by atoms with van der Waals surface area (Å²) in [5.74, 6) is 0.893. The van der Waals surface area contributed by atoms with Gasteiger partial charge in [-0.15, -0.1) is 0 Å². The van der Waals surface area contributed by atoms with Crippen molar-refractivity contribution in [3.8, 4) is 0 Å². The van der Waals surface area contributed by atoms with Crippen molar-refractivity contribution in [1.82, 2.24) is 0 Å². The Bertz CT molecular complexity index is 48.1. The molecule has 0 aliphatic heterocycles. The molecule has 0 saturated carbocycles. The molecule has 0 heterocycles. The molecule has 0 spiro atoms. The second kappa shape index (κ2) is 6.09. The van der Waals surface area contributed by atoms with Crippen molar-refractivity contribution in [3.05, 3.63) is 12.2 Å². The Balaban J connectivity index is 2.69. The lowest BCUT2D eigenvalue weighted by Crippen LogP contribution is -1.68. The Kier molecular flexibility index (Phi) is 6.17. The molecule has 0 aromatic heterocycles. The monoisotopic (exact) mass is 115 g/mol. The van der Waals surface area contributed by atoms with Crippen molar-refractivity contribution in [2.75, 3.05) is 5.75 Å². The third kappa shape index (κ3) is 6.09. The molecule has 0 nitrogen and oxygen atoms in total. The first-order valence-corrected chi connectivity index (χ1v) is 3.18. The maximum atomic E-state index is 4.73. The number of hydrogen-bond donors (Lipinski definition) is 0. The topological polar surface area (TPSA) is 0 Å². The molecule has 1 heteroatoms. The first-order valence-electron chi connectivity index (χ1n) is 2.61. The van der Waals surface area contributed by atoms with Crippen molar-refractivity contribution in [2.45, 2.75) is 19.8 Å². The zero-order valence-electron chi connectivity index (χ0n) is 4.68. The molecule has 0 aromatic rings. The maximum absolute atomic E-state index is 4.73.